The first kappa shape index (κ1) is 19.5. The van der Waals surface area contributed by atoms with Crippen LogP contribution < -0.4 is 10.3 Å². The van der Waals surface area contributed by atoms with Crippen molar-refractivity contribution in [1.29, 1.82) is 0 Å². The molecule has 158 valence electrons. The van der Waals surface area contributed by atoms with Crippen molar-refractivity contribution in [3.63, 3.8) is 0 Å². The average molecular weight is 419 g/mol. The fourth-order valence-corrected chi connectivity index (χ4v) is 3.96. The number of aryl methyl sites for hydroxylation is 1. The summed E-state index contributed by atoms with van der Waals surface area (Å²) in [6, 6.07) is 13.4. The Bertz CT molecular complexity index is 1310. The molecule has 3 heterocycles. The SMILES string of the molecule is Cn1cc(-c2ccc3[nH]c(C4CCOCC4)nc3c2Oc2ccccc2F)ccc1=O. The third-order valence-corrected chi connectivity index (χ3v) is 5.68. The van der Waals surface area contributed by atoms with Gasteiger partial charge in [-0.15, -0.1) is 0 Å². The number of H-pyrrole nitrogens is 1. The largest absolute Gasteiger partial charge is 0.451 e. The van der Waals surface area contributed by atoms with Crippen LogP contribution in [0.5, 0.6) is 11.5 Å². The molecule has 31 heavy (non-hydrogen) atoms. The van der Waals surface area contributed by atoms with Gasteiger partial charge >= 0.3 is 0 Å². The van der Waals surface area contributed by atoms with Gasteiger partial charge in [-0.05, 0) is 43.2 Å². The van der Waals surface area contributed by atoms with Crippen LogP contribution in [0, 0.1) is 5.82 Å². The molecule has 0 saturated carbocycles. The number of nitrogens with one attached hydrogen (secondary N) is 1. The van der Waals surface area contributed by atoms with E-state index in [0.29, 0.717) is 24.5 Å². The number of benzene rings is 2. The van der Waals surface area contributed by atoms with E-state index < -0.39 is 5.82 Å². The van der Waals surface area contributed by atoms with Gasteiger partial charge in [-0.2, -0.15) is 0 Å². The molecule has 7 heteroatoms. The summed E-state index contributed by atoms with van der Waals surface area (Å²) in [4.78, 5) is 20.1. The van der Waals surface area contributed by atoms with E-state index >= 15 is 0 Å². The number of para-hydroxylation sites is 1. The molecular weight excluding hydrogens is 397 g/mol. The van der Waals surface area contributed by atoms with Crippen molar-refractivity contribution in [2.75, 3.05) is 13.2 Å². The fourth-order valence-electron chi connectivity index (χ4n) is 3.96. The molecule has 1 N–H and O–H groups in total. The minimum absolute atomic E-state index is 0.108. The minimum Gasteiger partial charge on any atom is -0.451 e. The lowest BCUT2D eigenvalue weighted by atomic mass is 10.00. The van der Waals surface area contributed by atoms with E-state index in [-0.39, 0.29) is 17.2 Å². The number of aromatic nitrogens is 3. The number of aromatic amines is 1. The molecular formula is C24H22FN3O3. The van der Waals surface area contributed by atoms with Gasteiger partial charge in [0.25, 0.3) is 0 Å². The molecule has 1 aliphatic heterocycles. The van der Waals surface area contributed by atoms with Crippen molar-refractivity contribution in [3.8, 4) is 22.6 Å². The second-order valence-electron chi connectivity index (χ2n) is 7.75. The molecule has 0 bridgehead atoms. The second kappa shape index (κ2) is 8.00. The summed E-state index contributed by atoms with van der Waals surface area (Å²) in [5, 5.41) is 0. The van der Waals surface area contributed by atoms with E-state index in [9.17, 15) is 9.18 Å². The lowest BCUT2D eigenvalue weighted by Crippen LogP contribution is -2.15. The molecule has 6 nitrogen and oxygen atoms in total. The Balaban J connectivity index is 1.68. The van der Waals surface area contributed by atoms with Gasteiger partial charge in [0.2, 0.25) is 5.56 Å². The zero-order chi connectivity index (χ0) is 21.4. The van der Waals surface area contributed by atoms with Crippen molar-refractivity contribution in [2.45, 2.75) is 18.8 Å². The minimum atomic E-state index is -0.453. The molecule has 5 rings (SSSR count). The normalized spacial score (nSPS) is 14.8. The van der Waals surface area contributed by atoms with E-state index in [2.05, 4.69) is 4.98 Å². The van der Waals surface area contributed by atoms with E-state index in [4.69, 9.17) is 14.5 Å². The maximum Gasteiger partial charge on any atom is 0.250 e. The van der Waals surface area contributed by atoms with Crippen LogP contribution >= 0.6 is 0 Å². The number of hydrogen-bond acceptors (Lipinski definition) is 4. The molecule has 0 atom stereocenters. The number of nitrogens with zero attached hydrogens (tertiary/aromatic N) is 2. The maximum absolute atomic E-state index is 14.4. The zero-order valence-electron chi connectivity index (χ0n) is 17.1. The summed E-state index contributed by atoms with van der Waals surface area (Å²) < 4.78 is 27.5. The van der Waals surface area contributed by atoms with Crippen LogP contribution in [0.1, 0.15) is 24.6 Å². The summed E-state index contributed by atoms with van der Waals surface area (Å²) >= 11 is 0. The van der Waals surface area contributed by atoms with Crippen molar-refractivity contribution >= 4 is 11.0 Å². The molecule has 0 radical (unpaired) electrons. The van der Waals surface area contributed by atoms with Gasteiger partial charge in [0.05, 0.1) is 5.52 Å². The highest BCUT2D eigenvalue weighted by Gasteiger charge is 2.22. The zero-order valence-corrected chi connectivity index (χ0v) is 17.1. The lowest BCUT2D eigenvalue weighted by Gasteiger charge is -2.19. The Morgan fingerprint density at radius 3 is 2.71 bits per heavy atom. The predicted molar refractivity (Wildman–Crippen MR) is 116 cm³/mol. The van der Waals surface area contributed by atoms with Gasteiger partial charge in [-0.1, -0.05) is 12.1 Å². The standard InChI is InChI=1S/C24H22FN3O3/c1-28-14-16(6-9-21(28)29)17-7-8-19-22(23(17)31-20-5-3-2-4-18(20)25)27-24(26-19)15-10-12-30-13-11-15/h2-9,14-15H,10-13H2,1H3,(H,26,27). The van der Waals surface area contributed by atoms with Crippen LogP contribution in [0.2, 0.25) is 0 Å². The first-order valence-electron chi connectivity index (χ1n) is 10.3. The van der Waals surface area contributed by atoms with Crippen LogP contribution in [-0.2, 0) is 11.8 Å². The molecule has 1 aliphatic rings. The number of pyridine rings is 1. The van der Waals surface area contributed by atoms with Gasteiger partial charge in [0, 0.05) is 49.6 Å². The lowest BCUT2D eigenvalue weighted by molar-refractivity contribution is 0.0838. The molecule has 0 amide bonds. The van der Waals surface area contributed by atoms with Gasteiger partial charge in [-0.3, -0.25) is 4.79 Å². The van der Waals surface area contributed by atoms with E-state index in [1.807, 2.05) is 12.1 Å². The summed E-state index contributed by atoms with van der Waals surface area (Å²) in [7, 11) is 1.69. The Labute approximate surface area is 178 Å². The first-order chi connectivity index (χ1) is 15.1. The number of halogens is 1. The van der Waals surface area contributed by atoms with E-state index in [0.717, 1.165) is 35.3 Å². The second-order valence-corrected chi connectivity index (χ2v) is 7.75. The van der Waals surface area contributed by atoms with E-state index in [1.54, 1.807) is 37.5 Å². The van der Waals surface area contributed by atoms with Gasteiger partial charge in [-0.25, -0.2) is 9.37 Å². The van der Waals surface area contributed by atoms with Gasteiger partial charge in [0.1, 0.15) is 11.3 Å². The van der Waals surface area contributed by atoms with Crippen molar-refractivity contribution in [2.24, 2.45) is 7.05 Å². The van der Waals surface area contributed by atoms with Crippen LogP contribution in [-0.4, -0.2) is 27.7 Å². The molecule has 0 unspecified atom stereocenters. The van der Waals surface area contributed by atoms with Gasteiger partial charge < -0.3 is 19.0 Å². The molecule has 2 aromatic carbocycles. The summed E-state index contributed by atoms with van der Waals surface area (Å²) in [5.41, 5.74) is 2.86. The van der Waals surface area contributed by atoms with Crippen molar-refractivity contribution < 1.29 is 13.9 Å². The summed E-state index contributed by atoms with van der Waals surface area (Å²) in [6.07, 6.45) is 3.54. The van der Waals surface area contributed by atoms with Crippen molar-refractivity contribution in [1.82, 2.24) is 14.5 Å². The highest BCUT2D eigenvalue weighted by molar-refractivity contribution is 5.91. The smallest absolute Gasteiger partial charge is 0.250 e. The molecule has 0 spiro atoms. The molecule has 2 aromatic heterocycles. The molecule has 4 aromatic rings. The number of fused-ring (bicyclic) bond motifs is 1. The van der Waals surface area contributed by atoms with Crippen LogP contribution in [0.4, 0.5) is 4.39 Å². The summed E-state index contributed by atoms with van der Waals surface area (Å²) in [6.45, 7) is 1.42. The van der Waals surface area contributed by atoms with Gasteiger partial charge in [0.15, 0.2) is 17.3 Å². The highest BCUT2D eigenvalue weighted by atomic mass is 19.1. The van der Waals surface area contributed by atoms with E-state index in [1.165, 1.54) is 16.7 Å². The number of ether oxygens (including phenoxy) is 2. The Hall–Kier alpha value is -3.45. The topological polar surface area (TPSA) is 69.1 Å². The summed E-state index contributed by atoms with van der Waals surface area (Å²) in [5.74, 6) is 1.29. The quantitative estimate of drug-likeness (QED) is 0.518. The average Bonchev–Trinajstić information content (AvgIpc) is 3.23. The fraction of sp³-hybridized carbons (Fsp3) is 0.250. The number of hydrogen-bond donors (Lipinski definition) is 1. The first-order valence-corrected chi connectivity index (χ1v) is 10.3. The number of rotatable bonds is 4. The Morgan fingerprint density at radius 1 is 1.13 bits per heavy atom. The highest BCUT2D eigenvalue weighted by Crippen LogP contribution is 2.40. The molecule has 0 aliphatic carbocycles. The number of imidazole rings is 1. The third-order valence-electron chi connectivity index (χ3n) is 5.68. The molecule has 1 saturated heterocycles. The van der Waals surface area contributed by atoms with Crippen LogP contribution in [0.25, 0.3) is 22.2 Å². The maximum atomic E-state index is 14.4. The Kier molecular flexibility index (Phi) is 5.03. The van der Waals surface area contributed by atoms with Crippen molar-refractivity contribution in [3.05, 3.63) is 76.7 Å². The Morgan fingerprint density at radius 2 is 1.94 bits per heavy atom. The molecule has 1 fully saturated rings. The predicted octanol–water partition coefficient (Wildman–Crippen LogP) is 4.75. The van der Waals surface area contributed by atoms with Crippen LogP contribution in [0.15, 0.2) is 59.5 Å². The third kappa shape index (κ3) is 3.72. The van der Waals surface area contributed by atoms with Crippen LogP contribution in [0.3, 0.4) is 0 Å². The monoisotopic (exact) mass is 419 g/mol.